The lowest BCUT2D eigenvalue weighted by atomic mass is 9.91. The monoisotopic (exact) mass is 370 g/mol. The molecular formula is C19H19ClN4O2. The van der Waals surface area contributed by atoms with E-state index in [9.17, 15) is 9.59 Å². The molecule has 0 saturated carbocycles. The number of nitrogens with zero attached hydrogens (tertiary/aromatic N) is 2. The van der Waals surface area contributed by atoms with Crippen LogP contribution in [-0.2, 0) is 16.9 Å². The minimum atomic E-state index is -1.10. The highest BCUT2D eigenvalue weighted by molar-refractivity contribution is 6.30. The highest BCUT2D eigenvalue weighted by Crippen LogP contribution is 2.23. The Morgan fingerprint density at radius 3 is 2.77 bits per heavy atom. The van der Waals surface area contributed by atoms with Crippen LogP contribution in [0.3, 0.4) is 0 Å². The van der Waals surface area contributed by atoms with Gasteiger partial charge in [0, 0.05) is 18.1 Å². The molecule has 1 heterocycles. The number of carbonyl (C=O) groups is 1. The molecule has 0 fully saturated rings. The first-order valence-corrected chi connectivity index (χ1v) is 8.55. The van der Waals surface area contributed by atoms with Gasteiger partial charge in [0.05, 0.1) is 17.2 Å². The van der Waals surface area contributed by atoms with Crippen LogP contribution in [0.25, 0.3) is 10.9 Å². The fourth-order valence-corrected chi connectivity index (χ4v) is 3.01. The molecule has 3 aromatic rings. The Morgan fingerprint density at radius 2 is 2.04 bits per heavy atom. The molecule has 2 aromatic carbocycles. The summed E-state index contributed by atoms with van der Waals surface area (Å²) in [5.41, 5.74) is 5.71. The number of fused-ring (bicyclic) bond motifs is 1. The van der Waals surface area contributed by atoms with Crippen LogP contribution in [0.5, 0.6) is 0 Å². The lowest BCUT2D eigenvalue weighted by Crippen LogP contribution is -2.51. The number of nitrogens with two attached hydrogens (primary N) is 1. The Morgan fingerprint density at radius 1 is 1.27 bits per heavy atom. The van der Waals surface area contributed by atoms with E-state index in [-0.39, 0.29) is 5.56 Å². The number of rotatable bonds is 6. The van der Waals surface area contributed by atoms with Crippen LogP contribution < -0.4 is 16.6 Å². The molecule has 1 atom stereocenters. The Labute approximate surface area is 155 Å². The largest absolute Gasteiger partial charge is 0.368 e. The zero-order valence-corrected chi connectivity index (χ0v) is 15.0. The van der Waals surface area contributed by atoms with Crippen molar-refractivity contribution in [1.29, 1.82) is 0 Å². The number of aromatic nitrogens is 2. The molecule has 0 saturated heterocycles. The molecule has 3 rings (SSSR count). The molecule has 26 heavy (non-hydrogen) atoms. The van der Waals surface area contributed by atoms with E-state index in [1.807, 2.05) is 6.07 Å². The number of halogens is 1. The van der Waals surface area contributed by atoms with Gasteiger partial charge in [0.25, 0.3) is 5.56 Å². The molecule has 0 radical (unpaired) electrons. The van der Waals surface area contributed by atoms with Crippen molar-refractivity contribution in [3.05, 3.63) is 75.8 Å². The van der Waals surface area contributed by atoms with Gasteiger partial charge >= 0.3 is 0 Å². The summed E-state index contributed by atoms with van der Waals surface area (Å²) in [5, 5.41) is 4.22. The number of para-hydroxylation sites is 1. The summed E-state index contributed by atoms with van der Waals surface area (Å²) in [6, 6.07) is 14.2. The summed E-state index contributed by atoms with van der Waals surface area (Å²) < 4.78 is 1.51. The van der Waals surface area contributed by atoms with Crippen molar-refractivity contribution >= 4 is 28.4 Å². The van der Waals surface area contributed by atoms with Crippen LogP contribution in [0.4, 0.5) is 0 Å². The molecule has 0 aliphatic carbocycles. The third kappa shape index (κ3) is 3.47. The van der Waals surface area contributed by atoms with Crippen LogP contribution in [0.15, 0.2) is 59.7 Å². The normalized spacial score (nSPS) is 13.5. The van der Waals surface area contributed by atoms with Crippen molar-refractivity contribution in [3.8, 4) is 0 Å². The van der Waals surface area contributed by atoms with Gasteiger partial charge in [0.15, 0.2) is 0 Å². The van der Waals surface area contributed by atoms with Crippen molar-refractivity contribution in [2.24, 2.45) is 5.73 Å². The van der Waals surface area contributed by atoms with E-state index < -0.39 is 11.4 Å². The molecule has 0 aliphatic rings. The summed E-state index contributed by atoms with van der Waals surface area (Å²) in [7, 11) is 0. The maximum Gasteiger partial charge on any atom is 0.261 e. The summed E-state index contributed by atoms with van der Waals surface area (Å²) in [6.45, 7) is 2.40. The number of hydrogen-bond donors (Lipinski definition) is 2. The number of amides is 1. The summed E-state index contributed by atoms with van der Waals surface area (Å²) >= 11 is 6.03. The van der Waals surface area contributed by atoms with E-state index in [2.05, 4.69) is 10.3 Å². The van der Waals surface area contributed by atoms with Gasteiger partial charge in [-0.3, -0.25) is 19.5 Å². The fraction of sp³-hybridized carbons (Fsp3) is 0.211. The smallest absolute Gasteiger partial charge is 0.261 e. The second-order valence-electron chi connectivity index (χ2n) is 6.19. The maximum atomic E-state index is 12.5. The second kappa shape index (κ2) is 7.27. The third-order valence-corrected chi connectivity index (χ3v) is 4.69. The van der Waals surface area contributed by atoms with Crippen LogP contribution in [-0.4, -0.2) is 22.0 Å². The maximum absolute atomic E-state index is 12.5. The molecular weight excluding hydrogens is 352 g/mol. The number of hydrogen-bond acceptors (Lipinski definition) is 4. The van der Waals surface area contributed by atoms with E-state index in [1.165, 1.54) is 10.9 Å². The van der Waals surface area contributed by atoms with E-state index in [1.54, 1.807) is 49.4 Å². The quantitative estimate of drug-likeness (QED) is 0.694. The molecule has 134 valence electrons. The van der Waals surface area contributed by atoms with Gasteiger partial charge in [-0.05, 0) is 36.8 Å². The topological polar surface area (TPSA) is 90.0 Å². The molecule has 0 spiro atoms. The standard InChI is InChI=1S/C19H19ClN4O2/c1-19(18(21)26,13-5-4-6-14(20)11-13)23-9-10-24-12-22-16-8-3-2-7-15(16)17(24)25/h2-8,11-12,23H,9-10H2,1H3,(H2,21,26). The first-order valence-electron chi connectivity index (χ1n) is 8.17. The van der Waals surface area contributed by atoms with Crippen LogP contribution in [0, 0.1) is 0 Å². The van der Waals surface area contributed by atoms with Crippen molar-refractivity contribution in [1.82, 2.24) is 14.9 Å². The number of primary amides is 1. The highest BCUT2D eigenvalue weighted by atomic mass is 35.5. The average molecular weight is 371 g/mol. The molecule has 0 aliphatic heterocycles. The third-order valence-electron chi connectivity index (χ3n) is 4.46. The first kappa shape index (κ1) is 18.1. The van der Waals surface area contributed by atoms with E-state index in [4.69, 9.17) is 17.3 Å². The second-order valence-corrected chi connectivity index (χ2v) is 6.62. The number of benzene rings is 2. The van der Waals surface area contributed by atoms with Crippen molar-refractivity contribution in [3.63, 3.8) is 0 Å². The van der Waals surface area contributed by atoms with Crippen molar-refractivity contribution in [2.45, 2.75) is 19.0 Å². The number of nitrogens with one attached hydrogen (secondary N) is 1. The zero-order chi connectivity index (χ0) is 18.7. The Hall–Kier alpha value is -2.70. The Bertz CT molecular complexity index is 1020. The van der Waals surface area contributed by atoms with Gasteiger partial charge in [-0.15, -0.1) is 0 Å². The SMILES string of the molecule is CC(NCCn1cnc2ccccc2c1=O)(C(N)=O)c1cccc(Cl)c1. The molecule has 1 amide bonds. The minimum Gasteiger partial charge on any atom is -0.368 e. The lowest BCUT2D eigenvalue weighted by Gasteiger charge is -2.28. The highest BCUT2D eigenvalue weighted by Gasteiger charge is 2.32. The predicted octanol–water partition coefficient (Wildman–Crippen LogP) is 2.04. The van der Waals surface area contributed by atoms with Crippen LogP contribution >= 0.6 is 11.6 Å². The van der Waals surface area contributed by atoms with Gasteiger partial charge in [-0.2, -0.15) is 0 Å². The van der Waals surface area contributed by atoms with Crippen molar-refractivity contribution in [2.75, 3.05) is 6.54 Å². The zero-order valence-electron chi connectivity index (χ0n) is 14.3. The van der Waals surface area contributed by atoms with Gasteiger partial charge in [-0.25, -0.2) is 4.98 Å². The van der Waals surface area contributed by atoms with E-state index in [0.29, 0.717) is 34.6 Å². The van der Waals surface area contributed by atoms with Gasteiger partial charge < -0.3 is 5.73 Å². The van der Waals surface area contributed by atoms with Crippen molar-refractivity contribution < 1.29 is 4.79 Å². The molecule has 6 nitrogen and oxygen atoms in total. The average Bonchev–Trinajstić information content (AvgIpc) is 2.63. The first-order chi connectivity index (χ1) is 12.4. The Balaban J connectivity index is 1.80. The van der Waals surface area contributed by atoms with Gasteiger partial charge in [-0.1, -0.05) is 35.9 Å². The van der Waals surface area contributed by atoms with Gasteiger partial charge in [0.2, 0.25) is 5.91 Å². The van der Waals surface area contributed by atoms with E-state index >= 15 is 0 Å². The molecule has 7 heteroatoms. The molecule has 0 bridgehead atoms. The fourth-order valence-electron chi connectivity index (χ4n) is 2.82. The predicted molar refractivity (Wildman–Crippen MR) is 102 cm³/mol. The lowest BCUT2D eigenvalue weighted by molar-refractivity contribution is -0.124. The summed E-state index contributed by atoms with van der Waals surface area (Å²) in [5.74, 6) is -0.524. The molecule has 1 aromatic heterocycles. The summed E-state index contributed by atoms with van der Waals surface area (Å²) in [6.07, 6.45) is 1.51. The van der Waals surface area contributed by atoms with Gasteiger partial charge in [0.1, 0.15) is 5.54 Å². The molecule has 1 unspecified atom stereocenters. The minimum absolute atomic E-state index is 0.124. The number of carbonyl (C=O) groups excluding carboxylic acids is 1. The van der Waals surface area contributed by atoms with E-state index in [0.717, 1.165) is 0 Å². The Kier molecular flexibility index (Phi) is 5.06. The summed E-state index contributed by atoms with van der Waals surface area (Å²) in [4.78, 5) is 28.9. The van der Waals surface area contributed by atoms with Crippen LogP contribution in [0.1, 0.15) is 12.5 Å². The molecule has 3 N–H and O–H groups in total. The van der Waals surface area contributed by atoms with Crippen LogP contribution in [0.2, 0.25) is 5.02 Å².